The molecule has 208 valence electrons. The van der Waals surface area contributed by atoms with Crippen LogP contribution in [0, 0.1) is 6.92 Å². The fourth-order valence-corrected chi connectivity index (χ4v) is 4.67. The van der Waals surface area contributed by atoms with Crippen LogP contribution in [-0.2, 0) is 30.3 Å². The molecule has 13 heteroatoms. The highest BCUT2D eigenvalue weighted by molar-refractivity contribution is 14.1. The number of nitrogens with zero attached hydrogens (tertiary/aromatic N) is 1. The summed E-state index contributed by atoms with van der Waals surface area (Å²) in [7, 11) is 2.66. The number of methoxy groups -OCH3 is 2. The van der Waals surface area contributed by atoms with Crippen LogP contribution in [0.5, 0.6) is 0 Å². The molecular weight excluding hydrogens is 627 g/mol. The molecule has 0 aliphatic carbocycles. The van der Waals surface area contributed by atoms with Gasteiger partial charge in [0, 0.05) is 18.6 Å². The average molecular weight is 661 g/mol. The van der Waals surface area contributed by atoms with Gasteiger partial charge in [-0.2, -0.15) is 0 Å². The fraction of sp³-hybridized carbons (Fsp3) is 0.480. The molecule has 0 bridgehead atoms. The smallest absolute Gasteiger partial charge is 0.263 e. The summed E-state index contributed by atoms with van der Waals surface area (Å²) in [5.41, 5.74) is -0.781. The number of aldehydes is 2. The Hall–Kier alpha value is -2.14. The van der Waals surface area contributed by atoms with Crippen LogP contribution in [0.15, 0.2) is 36.5 Å². The number of rotatable bonds is 17. The number of carbonyl (C=O) groups is 4. The largest absolute Gasteiger partial charge is 0.381 e. The number of aromatic nitrogens is 1. The second kappa shape index (κ2) is 15.5. The van der Waals surface area contributed by atoms with Crippen LogP contribution in [0.25, 0.3) is 0 Å². The molecule has 0 radical (unpaired) electrons. The maximum atomic E-state index is 13.2. The summed E-state index contributed by atoms with van der Waals surface area (Å²) in [4.78, 5) is 54.1. The van der Waals surface area contributed by atoms with E-state index >= 15 is 0 Å². The van der Waals surface area contributed by atoms with E-state index in [0.717, 1.165) is 5.56 Å². The van der Waals surface area contributed by atoms with Crippen LogP contribution >= 0.6 is 33.9 Å². The van der Waals surface area contributed by atoms with Gasteiger partial charge in [0.1, 0.15) is 47.6 Å². The number of thiazole rings is 1. The molecule has 2 aromatic rings. The number of hydrogen-bond acceptors (Lipinski definition) is 11. The zero-order chi connectivity index (χ0) is 28.3. The average Bonchev–Trinajstić information content (AvgIpc) is 3.37. The summed E-state index contributed by atoms with van der Waals surface area (Å²) in [6.45, 7) is 3.18. The van der Waals surface area contributed by atoms with E-state index in [4.69, 9.17) is 9.47 Å². The summed E-state index contributed by atoms with van der Waals surface area (Å²) >= 11 is 3.10. The molecule has 0 saturated carbocycles. The zero-order valence-electron chi connectivity index (χ0n) is 21.5. The van der Waals surface area contributed by atoms with Crippen molar-refractivity contribution in [2.75, 3.05) is 18.6 Å². The standard InChI is InChI=1S/C25H33IN4O7S/c1-15-27-11-20(38-15)22(34)28-18(12-31)23(36-3)30-19(13-32)24(37-4)29-17(21(33)25(2,35)14-26)10-16-8-6-5-7-9-16/h5-9,11-13,17-19,23-24,29-30,35H,10,14H2,1-4H3,(H,28,34)/t17-,18?,19?,23-,24-,25+/m0/s1. The number of carbonyl (C=O) groups excluding carboxylic acids is 4. The van der Waals surface area contributed by atoms with Gasteiger partial charge in [0.15, 0.2) is 5.78 Å². The lowest BCUT2D eigenvalue weighted by Gasteiger charge is -2.33. The van der Waals surface area contributed by atoms with Gasteiger partial charge in [-0.1, -0.05) is 52.9 Å². The highest BCUT2D eigenvalue weighted by Crippen LogP contribution is 2.16. The second-order valence-electron chi connectivity index (χ2n) is 8.70. The number of alkyl halides is 1. The van der Waals surface area contributed by atoms with Crippen LogP contribution in [0.4, 0.5) is 0 Å². The first-order valence-corrected chi connectivity index (χ1v) is 14.0. The molecule has 0 aliphatic rings. The lowest BCUT2D eigenvalue weighted by molar-refractivity contribution is -0.137. The molecule has 2 unspecified atom stereocenters. The molecule has 38 heavy (non-hydrogen) atoms. The van der Waals surface area contributed by atoms with Crippen LogP contribution in [0.2, 0.25) is 0 Å². The molecule has 2 rings (SSSR count). The van der Waals surface area contributed by atoms with Gasteiger partial charge in [-0.05, 0) is 25.8 Å². The zero-order valence-corrected chi connectivity index (χ0v) is 24.5. The van der Waals surface area contributed by atoms with E-state index in [2.05, 4.69) is 20.9 Å². The highest BCUT2D eigenvalue weighted by Gasteiger charge is 2.38. The number of nitrogens with one attached hydrogen (secondary N) is 3. The Bertz CT molecular complexity index is 1070. The van der Waals surface area contributed by atoms with E-state index in [1.807, 2.05) is 52.9 Å². The van der Waals surface area contributed by atoms with Crippen molar-refractivity contribution >= 4 is 58.2 Å². The van der Waals surface area contributed by atoms with Gasteiger partial charge in [-0.15, -0.1) is 11.3 Å². The van der Waals surface area contributed by atoms with E-state index in [1.54, 1.807) is 6.92 Å². The molecule has 11 nitrogen and oxygen atoms in total. The van der Waals surface area contributed by atoms with E-state index < -0.39 is 47.9 Å². The monoisotopic (exact) mass is 660 g/mol. The Morgan fingerprint density at radius 3 is 2.21 bits per heavy atom. The van der Waals surface area contributed by atoms with Gasteiger partial charge in [-0.25, -0.2) is 4.98 Å². The first kappa shape index (κ1) is 32.1. The molecule has 1 heterocycles. The Balaban J connectivity index is 2.22. The van der Waals surface area contributed by atoms with Crippen molar-refractivity contribution in [1.82, 2.24) is 20.9 Å². The molecule has 1 aromatic carbocycles. The van der Waals surface area contributed by atoms with Crippen LogP contribution < -0.4 is 16.0 Å². The third-order valence-electron chi connectivity index (χ3n) is 5.71. The number of halogens is 1. The number of benzene rings is 1. The highest BCUT2D eigenvalue weighted by atomic mass is 127. The second-order valence-corrected chi connectivity index (χ2v) is 10.7. The first-order chi connectivity index (χ1) is 18.1. The van der Waals surface area contributed by atoms with E-state index in [0.29, 0.717) is 22.5 Å². The molecule has 6 atom stereocenters. The van der Waals surface area contributed by atoms with Crippen molar-refractivity contribution < 1.29 is 33.8 Å². The van der Waals surface area contributed by atoms with Crippen molar-refractivity contribution in [2.24, 2.45) is 0 Å². The Kier molecular flexibility index (Phi) is 13.0. The number of aryl methyl sites for hydroxylation is 1. The predicted octanol–water partition coefficient (Wildman–Crippen LogP) is 0.807. The van der Waals surface area contributed by atoms with Gasteiger partial charge >= 0.3 is 0 Å². The third-order valence-corrected chi connectivity index (χ3v) is 8.11. The summed E-state index contributed by atoms with van der Waals surface area (Å²) < 4.78 is 11.0. The van der Waals surface area contributed by atoms with Crippen LogP contribution in [-0.4, -0.2) is 89.2 Å². The summed E-state index contributed by atoms with van der Waals surface area (Å²) in [6, 6.07) is 6.04. The number of hydrogen-bond donors (Lipinski definition) is 4. The molecule has 0 fully saturated rings. The third kappa shape index (κ3) is 8.97. The van der Waals surface area contributed by atoms with E-state index in [9.17, 15) is 24.3 Å². The van der Waals surface area contributed by atoms with Gasteiger partial charge in [0.05, 0.1) is 17.2 Å². The van der Waals surface area contributed by atoms with Crippen LogP contribution in [0.1, 0.15) is 27.2 Å². The topological polar surface area (TPSA) is 156 Å². The first-order valence-electron chi connectivity index (χ1n) is 11.7. The lowest BCUT2D eigenvalue weighted by Crippen LogP contribution is -2.63. The molecule has 0 saturated heterocycles. The Morgan fingerprint density at radius 2 is 1.71 bits per heavy atom. The van der Waals surface area contributed by atoms with Gasteiger partial charge in [-0.3, -0.25) is 20.2 Å². The van der Waals surface area contributed by atoms with Gasteiger partial charge < -0.3 is 29.5 Å². The van der Waals surface area contributed by atoms with Crippen LogP contribution in [0.3, 0.4) is 0 Å². The number of amides is 1. The van der Waals surface area contributed by atoms with Crippen molar-refractivity contribution in [1.29, 1.82) is 0 Å². The summed E-state index contributed by atoms with van der Waals surface area (Å²) in [6.07, 6.45) is 0.501. The molecule has 0 spiro atoms. The van der Waals surface area contributed by atoms with Crippen molar-refractivity contribution in [3.8, 4) is 0 Å². The van der Waals surface area contributed by atoms with Gasteiger partial charge in [0.2, 0.25) is 0 Å². The van der Waals surface area contributed by atoms with Crippen molar-refractivity contribution in [3.05, 3.63) is 52.0 Å². The summed E-state index contributed by atoms with van der Waals surface area (Å²) in [5, 5.41) is 19.8. The molecule has 1 aromatic heterocycles. The maximum Gasteiger partial charge on any atom is 0.263 e. The molecular formula is C25H33IN4O7S. The Labute approximate surface area is 239 Å². The SMILES string of the molecule is CO[C@H](NC(C=O)[C@@H](N[C@@H](Cc1ccccc1)C(=O)[C@](C)(O)CI)OC)C(C=O)NC(=O)c1cnc(C)s1. The minimum absolute atomic E-state index is 0.162. The number of ether oxygens (including phenoxy) is 2. The minimum Gasteiger partial charge on any atom is -0.381 e. The number of Topliss-reactive ketones (excluding diaryl/α,β-unsaturated/α-hetero) is 1. The predicted molar refractivity (Wildman–Crippen MR) is 150 cm³/mol. The maximum absolute atomic E-state index is 13.2. The fourth-order valence-electron chi connectivity index (χ4n) is 3.61. The molecule has 1 amide bonds. The summed E-state index contributed by atoms with van der Waals surface area (Å²) in [5.74, 6) is -0.987. The number of ketones is 1. The molecule has 4 N–H and O–H groups in total. The van der Waals surface area contributed by atoms with E-state index in [-0.39, 0.29) is 10.8 Å². The molecule has 0 aliphatic heterocycles. The minimum atomic E-state index is -1.62. The number of aliphatic hydroxyl groups is 1. The van der Waals surface area contributed by atoms with Crippen molar-refractivity contribution in [3.63, 3.8) is 0 Å². The quantitative estimate of drug-likeness (QED) is 0.0830. The normalized spacial score (nSPS) is 16.9. The lowest BCUT2D eigenvalue weighted by atomic mass is 9.92. The Morgan fingerprint density at radius 1 is 1.11 bits per heavy atom. The van der Waals surface area contributed by atoms with Crippen molar-refractivity contribution in [2.45, 2.75) is 56.5 Å². The van der Waals surface area contributed by atoms with Gasteiger partial charge in [0.25, 0.3) is 5.91 Å². The van der Waals surface area contributed by atoms with E-state index in [1.165, 1.54) is 38.7 Å².